The fourth-order valence-corrected chi connectivity index (χ4v) is 2.90. The smallest absolute Gasteiger partial charge is 0.323 e. The Morgan fingerprint density at radius 3 is 2.44 bits per heavy atom. The predicted octanol–water partition coefficient (Wildman–Crippen LogP) is 3.60. The Bertz CT molecular complexity index is 782. The molecule has 1 heterocycles. The van der Waals surface area contributed by atoms with Crippen LogP contribution in [0.1, 0.15) is 47.3 Å². The van der Waals surface area contributed by atoms with Crippen LogP contribution in [0.2, 0.25) is 0 Å². The van der Waals surface area contributed by atoms with Crippen LogP contribution in [0.15, 0.2) is 36.7 Å². The number of carboxylic acids is 1. The van der Waals surface area contributed by atoms with Gasteiger partial charge in [0.1, 0.15) is 18.9 Å². The molecule has 0 fully saturated rings. The first-order chi connectivity index (χ1) is 12.8. The molecular weight excluding hydrogens is 344 g/mol. The molecule has 1 aromatic heterocycles. The second-order valence-electron chi connectivity index (χ2n) is 6.67. The van der Waals surface area contributed by atoms with Crippen LogP contribution in [-0.4, -0.2) is 39.5 Å². The molecule has 6 nitrogen and oxygen atoms in total. The van der Waals surface area contributed by atoms with E-state index in [2.05, 4.69) is 4.98 Å². The van der Waals surface area contributed by atoms with Crippen molar-refractivity contribution in [2.75, 3.05) is 6.54 Å². The van der Waals surface area contributed by atoms with Gasteiger partial charge in [0.25, 0.3) is 5.91 Å². The zero-order valence-electron chi connectivity index (χ0n) is 16.2. The fraction of sp³-hybridized carbons (Fsp3) is 0.381. The van der Waals surface area contributed by atoms with Crippen molar-refractivity contribution in [2.45, 2.75) is 46.8 Å². The Hall–Kier alpha value is -2.89. The van der Waals surface area contributed by atoms with Crippen LogP contribution in [0.3, 0.4) is 0 Å². The van der Waals surface area contributed by atoms with Crippen LogP contribution in [0.5, 0.6) is 5.75 Å². The average Bonchev–Trinajstić information content (AvgIpc) is 2.64. The van der Waals surface area contributed by atoms with E-state index in [0.717, 1.165) is 22.4 Å². The summed E-state index contributed by atoms with van der Waals surface area (Å²) < 4.78 is 5.92. The number of aryl methyl sites for hydroxylation is 2. The van der Waals surface area contributed by atoms with Gasteiger partial charge in [-0.2, -0.15) is 0 Å². The van der Waals surface area contributed by atoms with Gasteiger partial charge in [0, 0.05) is 29.6 Å². The van der Waals surface area contributed by atoms with Crippen molar-refractivity contribution in [2.24, 2.45) is 0 Å². The first-order valence-electron chi connectivity index (χ1n) is 8.99. The number of hydrogen-bond donors (Lipinski definition) is 1. The number of carbonyl (C=O) groups excluding carboxylic acids is 1. The maximum atomic E-state index is 12.9. The van der Waals surface area contributed by atoms with Gasteiger partial charge in [0.15, 0.2) is 0 Å². The Morgan fingerprint density at radius 1 is 1.26 bits per heavy atom. The van der Waals surface area contributed by atoms with Crippen LogP contribution in [0.4, 0.5) is 0 Å². The van der Waals surface area contributed by atoms with Crippen LogP contribution >= 0.6 is 0 Å². The van der Waals surface area contributed by atoms with Crippen molar-refractivity contribution in [3.8, 4) is 5.75 Å². The average molecular weight is 370 g/mol. The first-order valence-corrected chi connectivity index (χ1v) is 8.99. The van der Waals surface area contributed by atoms with Gasteiger partial charge in [-0.3, -0.25) is 14.6 Å². The molecule has 0 saturated carbocycles. The van der Waals surface area contributed by atoms with Gasteiger partial charge >= 0.3 is 5.97 Å². The van der Waals surface area contributed by atoms with Crippen LogP contribution in [-0.2, 0) is 11.4 Å². The Morgan fingerprint density at radius 2 is 1.93 bits per heavy atom. The molecule has 2 aromatic rings. The number of rotatable bonds is 8. The lowest BCUT2D eigenvalue weighted by atomic mass is 10.0. The van der Waals surface area contributed by atoms with Crippen LogP contribution in [0, 0.1) is 13.8 Å². The maximum absolute atomic E-state index is 12.9. The molecule has 0 saturated heterocycles. The quantitative estimate of drug-likeness (QED) is 0.768. The van der Waals surface area contributed by atoms with Gasteiger partial charge in [0.2, 0.25) is 0 Å². The molecular formula is C21H26N2O4. The van der Waals surface area contributed by atoms with Gasteiger partial charge in [0.05, 0.1) is 0 Å². The molecule has 2 rings (SSSR count). The number of benzene rings is 1. The van der Waals surface area contributed by atoms with E-state index >= 15 is 0 Å². The molecule has 0 aliphatic rings. The minimum Gasteiger partial charge on any atom is -0.488 e. The highest BCUT2D eigenvalue weighted by molar-refractivity contribution is 5.96. The molecule has 6 heteroatoms. The maximum Gasteiger partial charge on any atom is 0.323 e. The van der Waals surface area contributed by atoms with Crippen molar-refractivity contribution in [3.05, 3.63) is 58.9 Å². The number of aromatic nitrogens is 1. The third-order valence-electron chi connectivity index (χ3n) is 4.50. The molecule has 1 amide bonds. The zero-order chi connectivity index (χ0) is 20.0. The van der Waals surface area contributed by atoms with E-state index < -0.39 is 5.97 Å². The molecule has 1 aromatic carbocycles. The van der Waals surface area contributed by atoms with Crippen LogP contribution < -0.4 is 4.74 Å². The lowest BCUT2D eigenvalue weighted by molar-refractivity contribution is -0.138. The van der Waals surface area contributed by atoms with E-state index in [1.807, 2.05) is 39.8 Å². The van der Waals surface area contributed by atoms with Gasteiger partial charge in [-0.25, -0.2) is 0 Å². The minimum atomic E-state index is -1.02. The summed E-state index contributed by atoms with van der Waals surface area (Å²) in [7, 11) is 0. The highest BCUT2D eigenvalue weighted by Crippen LogP contribution is 2.27. The molecule has 1 N–H and O–H groups in total. The Labute approximate surface area is 159 Å². The second kappa shape index (κ2) is 9.16. The number of nitrogens with zero attached hydrogens (tertiary/aromatic N) is 2. The summed E-state index contributed by atoms with van der Waals surface area (Å²) >= 11 is 0. The van der Waals surface area contributed by atoms with E-state index in [-0.39, 0.29) is 18.5 Å². The summed E-state index contributed by atoms with van der Waals surface area (Å²) in [4.78, 5) is 29.5. The molecule has 27 heavy (non-hydrogen) atoms. The van der Waals surface area contributed by atoms with Crippen molar-refractivity contribution < 1.29 is 19.4 Å². The number of aliphatic carboxylic acids is 1. The molecule has 0 bridgehead atoms. The third-order valence-corrected chi connectivity index (χ3v) is 4.50. The van der Waals surface area contributed by atoms with Crippen molar-refractivity contribution in [3.63, 3.8) is 0 Å². The highest BCUT2D eigenvalue weighted by atomic mass is 16.5. The summed E-state index contributed by atoms with van der Waals surface area (Å²) in [6, 6.07) is 7.14. The Kier molecular flexibility index (Phi) is 6.93. The number of carbonyl (C=O) groups is 2. The molecule has 0 spiro atoms. The summed E-state index contributed by atoms with van der Waals surface area (Å²) in [6.45, 7) is 7.62. The number of amides is 1. The molecule has 0 aliphatic heterocycles. The molecule has 0 aliphatic carbocycles. The summed E-state index contributed by atoms with van der Waals surface area (Å²) in [5.74, 6) is -0.575. The first kappa shape index (κ1) is 20.4. The number of ether oxygens (including phenoxy) is 1. The predicted molar refractivity (Wildman–Crippen MR) is 103 cm³/mol. The van der Waals surface area contributed by atoms with Gasteiger partial charge in [-0.1, -0.05) is 13.0 Å². The normalized spacial score (nSPS) is 11.7. The monoisotopic (exact) mass is 370 g/mol. The number of carboxylic acid groups (broad SMARTS) is 1. The van der Waals surface area contributed by atoms with Crippen LogP contribution in [0.25, 0.3) is 0 Å². The van der Waals surface area contributed by atoms with E-state index in [0.29, 0.717) is 18.6 Å². The summed E-state index contributed by atoms with van der Waals surface area (Å²) in [5.41, 5.74) is 3.10. The lowest BCUT2D eigenvalue weighted by Crippen LogP contribution is -2.41. The standard InChI is InChI=1S/C21H26N2O4/c1-5-16(4)23(12-19(24)25)21(26)18-9-14(2)20(15(3)10-18)27-13-17-7-6-8-22-11-17/h6-11,16H,5,12-13H2,1-4H3,(H,24,25). The van der Waals surface area contributed by atoms with Crippen molar-refractivity contribution in [1.29, 1.82) is 0 Å². The summed E-state index contributed by atoms with van der Waals surface area (Å²) in [6.07, 6.45) is 4.14. The number of hydrogen-bond acceptors (Lipinski definition) is 4. The Balaban J connectivity index is 2.23. The lowest BCUT2D eigenvalue weighted by Gasteiger charge is -2.27. The number of pyridine rings is 1. The van der Waals surface area contributed by atoms with Gasteiger partial charge in [-0.15, -0.1) is 0 Å². The molecule has 1 unspecified atom stereocenters. The zero-order valence-corrected chi connectivity index (χ0v) is 16.2. The molecule has 144 valence electrons. The SMILES string of the molecule is CCC(C)N(CC(=O)O)C(=O)c1cc(C)c(OCc2cccnc2)c(C)c1. The van der Waals surface area contributed by atoms with Gasteiger partial charge < -0.3 is 14.7 Å². The van der Waals surface area contributed by atoms with E-state index in [1.54, 1.807) is 24.5 Å². The van der Waals surface area contributed by atoms with Crippen molar-refractivity contribution in [1.82, 2.24) is 9.88 Å². The van der Waals surface area contributed by atoms with Crippen molar-refractivity contribution >= 4 is 11.9 Å². The fourth-order valence-electron chi connectivity index (χ4n) is 2.90. The topological polar surface area (TPSA) is 79.7 Å². The van der Waals surface area contributed by atoms with E-state index in [1.165, 1.54) is 4.90 Å². The largest absolute Gasteiger partial charge is 0.488 e. The van der Waals surface area contributed by atoms with E-state index in [9.17, 15) is 9.59 Å². The molecule has 1 atom stereocenters. The molecule has 0 radical (unpaired) electrons. The highest BCUT2D eigenvalue weighted by Gasteiger charge is 2.24. The second-order valence-corrected chi connectivity index (χ2v) is 6.67. The van der Waals surface area contributed by atoms with E-state index in [4.69, 9.17) is 9.84 Å². The third kappa shape index (κ3) is 5.29. The minimum absolute atomic E-state index is 0.157. The summed E-state index contributed by atoms with van der Waals surface area (Å²) in [5, 5.41) is 9.14. The van der Waals surface area contributed by atoms with Gasteiger partial charge in [-0.05, 0) is 56.5 Å².